The van der Waals surface area contributed by atoms with Crippen molar-refractivity contribution in [3.63, 3.8) is 0 Å². The fourth-order valence-corrected chi connectivity index (χ4v) is 9.48. The molecule has 1 aliphatic heterocycles. The minimum atomic E-state index is -3.13. The van der Waals surface area contributed by atoms with Crippen LogP contribution < -0.4 is 10.4 Å². The predicted molar refractivity (Wildman–Crippen MR) is 134 cm³/mol. The van der Waals surface area contributed by atoms with Crippen molar-refractivity contribution < 1.29 is 23.9 Å². The van der Waals surface area contributed by atoms with Gasteiger partial charge in [0, 0.05) is 4.92 Å². The van der Waals surface area contributed by atoms with Crippen LogP contribution in [-0.2, 0) is 13.9 Å². The molecule has 1 heterocycles. The first-order valence-electron chi connectivity index (χ1n) is 11.5. The van der Waals surface area contributed by atoms with Crippen LogP contribution in [0.4, 0.5) is 0 Å². The molecule has 0 radical (unpaired) electrons. The largest absolute Gasteiger partial charge is 0.399 e. The molecule has 0 aliphatic carbocycles. The van der Waals surface area contributed by atoms with E-state index in [0.29, 0.717) is 0 Å². The van der Waals surface area contributed by atoms with Crippen LogP contribution in [0.2, 0.25) is 5.04 Å². The molecule has 1 aliphatic rings. The predicted octanol–water partition coefficient (Wildman–Crippen LogP) is 3.28. The minimum Gasteiger partial charge on any atom is -0.399 e. The third-order valence-electron chi connectivity index (χ3n) is 6.16. The maximum absolute atomic E-state index is 11.4. The molecule has 0 amide bonds. The molecule has 3 rings (SSSR count). The molecule has 1 N–H and O–H groups in total. The number of ether oxygens (including phenoxy) is 2. The molecule has 4 atom stereocenters. The van der Waals surface area contributed by atoms with Gasteiger partial charge in [0.05, 0.1) is 0 Å². The maximum Gasteiger partial charge on any atom is 0.261 e. The quantitative estimate of drug-likeness (QED) is 0.254. The van der Waals surface area contributed by atoms with Gasteiger partial charge in [-0.2, -0.15) is 0 Å². The SMILES string of the molecule is C=C[C@@H]1OC(C)(C)O[C@@H]1[C@@H](O[Si](c1ccccc1)(c1ccccc1)C(C)(C)C)C(O)C[N+](=O)[O-]. The van der Waals surface area contributed by atoms with Crippen LogP contribution in [0.1, 0.15) is 34.6 Å². The van der Waals surface area contributed by atoms with E-state index < -0.39 is 50.0 Å². The Morgan fingerprint density at radius 2 is 1.62 bits per heavy atom. The van der Waals surface area contributed by atoms with Crippen LogP contribution in [0.15, 0.2) is 73.3 Å². The Kier molecular flexibility index (Phi) is 7.79. The average Bonchev–Trinajstić information content (AvgIpc) is 3.08. The van der Waals surface area contributed by atoms with Gasteiger partial charge in [-0.05, 0) is 29.3 Å². The second-order valence-electron chi connectivity index (χ2n) is 10.1. The van der Waals surface area contributed by atoms with Crippen LogP contribution in [0.5, 0.6) is 0 Å². The number of nitrogens with zero attached hydrogens (tertiary/aromatic N) is 1. The van der Waals surface area contributed by atoms with E-state index in [4.69, 9.17) is 13.9 Å². The van der Waals surface area contributed by atoms with Crippen LogP contribution >= 0.6 is 0 Å². The van der Waals surface area contributed by atoms with E-state index in [-0.39, 0.29) is 5.04 Å². The number of hydrogen-bond donors (Lipinski definition) is 1. The monoisotopic (exact) mass is 485 g/mol. The zero-order valence-electron chi connectivity index (χ0n) is 20.5. The second-order valence-corrected chi connectivity index (χ2v) is 14.4. The van der Waals surface area contributed by atoms with Crippen molar-refractivity contribution >= 4 is 18.7 Å². The second kappa shape index (κ2) is 10.1. The van der Waals surface area contributed by atoms with Crippen LogP contribution in [0, 0.1) is 10.1 Å². The summed E-state index contributed by atoms with van der Waals surface area (Å²) in [5.74, 6) is -0.953. The van der Waals surface area contributed by atoms with Crippen molar-refractivity contribution in [2.45, 2.75) is 69.9 Å². The molecule has 1 saturated heterocycles. The normalized spacial score (nSPS) is 22.2. The lowest BCUT2D eigenvalue weighted by molar-refractivity contribution is -0.493. The van der Waals surface area contributed by atoms with Crippen LogP contribution in [0.25, 0.3) is 0 Å². The summed E-state index contributed by atoms with van der Waals surface area (Å²) in [4.78, 5) is 10.9. The van der Waals surface area contributed by atoms with Gasteiger partial charge in [0.15, 0.2) is 5.79 Å². The molecule has 1 fully saturated rings. The van der Waals surface area contributed by atoms with E-state index in [0.717, 1.165) is 10.4 Å². The standard InChI is InChI=1S/C26H35NO6Si/c1-7-22-24(32-26(5,6)31-22)23(21(28)18-27(29)30)33-34(25(2,3)4,19-14-10-8-11-15-19)20-16-12-9-13-17-20/h7-17,21-24,28H,1,18H2,2-6H3/t21?,22-,23-,24-/m0/s1. The van der Waals surface area contributed by atoms with E-state index in [2.05, 4.69) is 27.4 Å². The summed E-state index contributed by atoms with van der Waals surface area (Å²) in [5.41, 5.74) is 0. The van der Waals surface area contributed by atoms with Gasteiger partial charge in [-0.15, -0.1) is 6.58 Å². The highest BCUT2D eigenvalue weighted by Gasteiger charge is 2.56. The molecule has 2 aromatic rings. The molecule has 7 nitrogen and oxygen atoms in total. The number of benzene rings is 2. The van der Waals surface area contributed by atoms with Crippen molar-refractivity contribution in [3.8, 4) is 0 Å². The molecule has 0 spiro atoms. The van der Waals surface area contributed by atoms with E-state index >= 15 is 0 Å². The molecule has 34 heavy (non-hydrogen) atoms. The maximum atomic E-state index is 11.4. The fraction of sp³-hybridized carbons (Fsp3) is 0.462. The van der Waals surface area contributed by atoms with Gasteiger partial charge >= 0.3 is 0 Å². The Morgan fingerprint density at radius 3 is 2.03 bits per heavy atom. The average molecular weight is 486 g/mol. The molecular weight excluding hydrogens is 450 g/mol. The van der Waals surface area contributed by atoms with Gasteiger partial charge in [-0.3, -0.25) is 10.1 Å². The molecule has 1 unspecified atom stereocenters. The highest BCUT2D eigenvalue weighted by atomic mass is 28.4. The number of rotatable bonds is 9. The summed E-state index contributed by atoms with van der Waals surface area (Å²) >= 11 is 0. The third-order valence-corrected chi connectivity index (χ3v) is 11.2. The summed E-state index contributed by atoms with van der Waals surface area (Å²) < 4.78 is 19.2. The summed E-state index contributed by atoms with van der Waals surface area (Å²) in [6.07, 6.45) is -2.22. The van der Waals surface area contributed by atoms with Crippen LogP contribution in [-0.4, -0.2) is 55.1 Å². The van der Waals surface area contributed by atoms with E-state index in [9.17, 15) is 15.2 Å². The van der Waals surface area contributed by atoms with Gasteiger partial charge in [-0.25, -0.2) is 0 Å². The van der Waals surface area contributed by atoms with Crippen LogP contribution in [0.3, 0.4) is 0 Å². The summed E-state index contributed by atoms with van der Waals surface area (Å²) in [5, 5.41) is 24.2. The van der Waals surface area contributed by atoms with Gasteiger partial charge in [0.2, 0.25) is 6.54 Å². The summed E-state index contributed by atoms with van der Waals surface area (Å²) in [6, 6.07) is 19.9. The van der Waals surface area contributed by atoms with E-state index in [1.807, 2.05) is 60.7 Å². The highest BCUT2D eigenvalue weighted by molar-refractivity contribution is 6.99. The summed E-state index contributed by atoms with van der Waals surface area (Å²) in [6.45, 7) is 13.0. The number of aliphatic hydroxyl groups is 1. The molecule has 2 aromatic carbocycles. The zero-order chi connectivity index (χ0) is 25.1. The van der Waals surface area contributed by atoms with Gasteiger partial charge in [0.1, 0.15) is 24.4 Å². The molecule has 184 valence electrons. The Bertz CT molecular complexity index is 936. The molecule has 0 saturated carbocycles. The first-order chi connectivity index (χ1) is 15.9. The minimum absolute atomic E-state index is 0.388. The topological polar surface area (TPSA) is 91.1 Å². The lowest BCUT2D eigenvalue weighted by Crippen LogP contribution is -2.70. The smallest absolute Gasteiger partial charge is 0.261 e. The Balaban J connectivity index is 2.22. The molecule has 8 heteroatoms. The van der Waals surface area contributed by atoms with Gasteiger partial charge in [-0.1, -0.05) is 87.5 Å². The number of nitro groups is 1. The Hall–Kier alpha value is -2.36. The highest BCUT2D eigenvalue weighted by Crippen LogP contribution is 2.40. The van der Waals surface area contributed by atoms with Crippen molar-refractivity contribution in [1.29, 1.82) is 0 Å². The Morgan fingerprint density at radius 1 is 1.12 bits per heavy atom. The molecular formula is C26H35NO6Si. The van der Waals surface area contributed by atoms with Crippen molar-refractivity contribution in [1.82, 2.24) is 0 Å². The lowest BCUT2D eigenvalue weighted by Gasteiger charge is -2.46. The fourth-order valence-electron chi connectivity index (χ4n) is 4.77. The number of hydrogen-bond acceptors (Lipinski definition) is 6. The first-order valence-corrected chi connectivity index (χ1v) is 13.4. The van der Waals surface area contributed by atoms with Crippen molar-refractivity contribution in [2.24, 2.45) is 0 Å². The van der Waals surface area contributed by atoms with Crippen molar-refractivity contribution in [2.75, 3.05) is 6.54 Å². The lowest BCUT2D eigenvalue weighted by atomic mass is 10.0. The van der Waals surface area contributed by atoms with Gasteiger partial charge in [0.25, 0.3) is 8.32 Å². The first kappa shape index (κ1) is 26.2. The van der Waals surface area contributed by atoms with Crippen molar-refractivity contribution in [3.05, 3.63) is 83.4 Å². The van der Waals surface area contributed by atoms with E-state index in [1.54, 1.807) is 19.9 Å². The van der Waals surface area contributed by atoms with Gasteiger partial charge < -0.3 is 19.0 Å². The third kappa shape index (κ3) is 5.31. The molecule has 0 bridgehead atoms. The summed E-state index contributed by atoms with van der Waals surface area (Å²) in [7, 11) is -3.13. The number of aliphatic hydroxyl groups excluding tert-OH is 1. The van der Waals surface area contributed by atoms with E-state index in [1.165, 1.54) is 0 Å². The molecule has 0 aromatic heterocycles. The zero-order valence-corrected chi connectivity index (χ0v) is 21.5. The Labute approximate surface area is 202 Å².